The molecule has 2 amide bonds. The number of carbonyl (C=O) groups excluding carboxylic acids is 6. The van der Waals surface area contributed by atoms with E-state index in [4.69, 9.17) is 9.47 Å². The lowest BCUT2D eigenvalue weighted by atomic mass is 9.86. The van der Waals surface area contributed by atoms with E-state index in [2.05, 4.69) is 15.4 Å². The van der Waals surface area contributed by atoms with Crippen LogP contribution in [0.25, 0.3) is 0 Å². The summed E-state index contributed by atoms with van der Waals surface area (Å²) in [5.41, 5.74) is -1.16. The number of rotatable bonds is 6. The van der Waals surface area contributed by atoms with E-state index in [1.165, 1.54) is 7.11 Å². The lowest BCUT2D eigenvalue weighted by Gasteiger charge is -2.32. The van der Waals surface area contributed by atoms with Crippen molar-refractivity contribution in [2.75, 3.05) is 32.6 Å². The number of thioether (sulfide) groups is 1. The van der Waals surface area contributed by atoms with Gasteiger partial charge in [0.05, 0.1) is 20.0 Å². The van der Waals surface area contributed by atoms with Crippen molar-refractivity contribution in [3.05, 3.63) is 0 Å². The molecule has 11 nitrogen and oxygen atoms in total. The summed E-state index contributed by atoms with van der Waals surface area (Å²) in [6.45, 7) is 3.08. The van der Waals surface area contributed by atoms with E-state index in [9.17, 15) is 28.8 Å². The van der Waals surface area contributed by atoms with Crippen LogP contribution in [0.4, 0.5) is 0 Å². The predicted octanol–water partition coefficient (Wildman–Crippen LogP) is -0.293. The molecule has 1 fully saturated rings. The van der Waals surface area contributed by atoms with Crippen LogP contribution in [-0.4, -0.2) is 73.5 Å². The second-order valence-electron chi connectivity index (χ2n) is 7.38. The van der Waals surface area contributed by atoms with Gasteiger partial charge in [-0.15, -0.1) is 0 Å². The summed E-state index contributed by atoms with van der Waals surface area (Å²) in [5.74, 6) is -2.81. The second kappa shape index (κ2) is 12.9. The van der Waals surface area contributed by atoms with Crippen molar-refractivity contribution in [2.24, 2.45) is 5.41 Å². The Morgan fingerprint density at radius 2 is 1.77 bits per heavy atom. The zero-order valence-corrected chi connectivity index (χ0v) is 18.6. The molecule has 1 atom stereocenters. The lowest BCUT2D eigenvalue weighted by molar-refractivity contribution is -0.169. The smallest absolute Gasteiger partial charge is 0.315 e. The summed E-state index contributed by atoms with van der Waals surface area (Å²) in [5, 5.41) is 4.68. The van der Waals surface area contributed by atoms with Crippen molar-refractivity contribution < 1.29 is 43.0 Å². The van der Waals surface area contributed by atoms with Crippen molar-refractivity contribution in [3.8, 4) is 0 Å². The largest absolute Gasteiger partial charge is 0.469 e. The number of ether oxygens (including phenoxy) is 3. The number of carbonyl (C=O) groups is 6. The number of hydrogen-bond acceptors (Lipinski definition) is 10. The molecule has 1 aliphatic rings. The van der Waals surface area contributed by atoms with Gasteiger partial charge in [-0.25, -0.2) is 0 Å². The molecular weight excluding hydrogens is 432 g/mol. The fraction of sp³-hybridized carbons (Fsp3) is 0.684. The molecule has 1 saturated heterocycles. The first kappa shape index (κ1) is 26.4. The first-order valence-corrected chi connectivity index (χ1v) is 10.7. The van der Waals surface area contributed by atoms with E-state index in [0.717, 1.165) is 11.8 Å². The summed E-state index contributed by atoms with van der Waals surface area (Å²) in [6, 6.07) is 0. The molecule has 174 valence electrons. The maximum Gasteiger partial charge on any atom is 0.315 e. The molecule has 1 rings (SSSR count). The van der Waals surface area contributed by atoms with Gasteiger partial charge in [0.2, 0.25) is 5.91 Å². The Balaban J connectivity index is 2.84. The molecule has 12 heteroatoms. The third kappa shape index (κ3) is 10.3. The van der Waals surface area contributed by atoms with Crippen LogP contribution in [0, 0.1) is 5.41 Å². The standard InChI is InChI=1S/C19H28N2O9S/c1-19(2,11-29-14(24)5-4-13(23)28-3)17-18(27)21-7-6-12(22)20-8-9-31-16(26)10-15(25)30-17/h17H,4-11H2,1-3H3,(H,20,22)(H,21,27)/t17-/m0/s1. The molecule has 2 N–H and O–H groups in total. The Morgan fingerprint density at radius 1 is 1.10 bits per heavy atom. The molecule has 0 aromatic carbocycles. The molecule has 0 aromatic heterocycles. The predicted molar refractivity (Wildman–Crippen MR) is 109 cm³/mol. The van der Waals surface area contributed by atoms with Gasteiger partial charge < -0.3 is 24.8 Å². The van der Waals surface area contributed by atoms with Crippen LogP contribution in [0.15, 0.2) is 0 Å². The van der Waals surface area contributed by atoms with E-state index < -0.39 is 46.9 Å². The highest BCUT2D eigenvalue weighted by atomic mass is 32.2. The van der Waals surface area contributed by atoms with Gasteiger partial charge in [0.1, 0.15) is 13.0 Å². The first-order valence-electron chi connectivity index (χ1n) is 9.67. The van der Waals surface area contributed by atoms with Crippen LogP contribution >= 0.6 is 11.8 Å². The van der Waals surface area contributed by atoms with Crippen LogP contribution < -0.4 is 10.6 Å². The van der Waals surface area contributed by atoms with Crippen molar-refractivity contribution >= 4 is 46.6 Å². The maximum absolute atomic E-state index is 12.7. The molecule has 0 aromatic rings. The first-order chi connectivity index (χ1) is 14.5. The summed E-state index contributed by atoms with van der Waals surface area (Å²) < 4.78 is 14.9. The van der Waals surface area contributed by atoms with Gasteiger partial charge in [-0.3, -0.25) is 28.8 Å². The quantitative estimate of drug-likeness (QED) is 0.307. The molecular formula is C19H28N2O9S. The fourth-order valence-electron chi connectivity index (χ4n) is 2.47. The van der Waals surface area contributed by atoms with Crippen LogP contribution in [-0.2, 0) is 43.0 Å². The Morgan fingerprint density at radius 3 is 2.45 bits per heavy atom. The molecule has 0 radical (unpaired) electrons. The molecule has 0 spiro atoms. The van der Waals surface area contributed by atoms with Gasteiger partial charge in [0.25, 0.3) is 5.91 Å². The number of amides is 2. The number of methoxy groups -OCH3 is 1. The summed E-state index contributed by atoms with van der Waals surface area (Å²) >= 11 is 0.880. The summed E-state index contributed by atoms with van der Waals surface area (Å²) in [6.07, 6.45) is -2.28. The second-order valence-corrected chi connectivity index (χ2v) is 8.54. The van der Waals surface area contributed by atoms with Crippen LogP contribution in [0.5, 0.6) is 0 Å². The van der Waals surface area contributed by atoms with Gasteiger partial charge in [-0.2, -0.15) is 0 Å². The van der Waals surface area contributed by atoms with Gasteiger partial charge in [-0.05, 0) is 0 Å². The van der Waals surface area contributed by atoms with Crippen LogP contribution in [0.3, 0.4) is 0 Å². The SMILES string of the molecule is COC(=O)CCC(=O)OCC(C)(C)[C@H]1OC(=O)CC(=O)SCCNC(=O)CCNC1=O. The molecule has 31 heavy (non-hydrogen) atoms. The van der Waals surface area contributed by atoms with Crippen molar-refractivity contribution in [1.29, 1.82) is 0 Å². The van der Waals surface area contributed by atoms with Crippen molar-refractivity contribution in [1.82, 2.24) is 10.6 Å². The number of hydrogen-bond donors (Lipinski definition) is 2. The van der Waals surface area contributed by atoms with E-state index in [-0.39, 0.29) is 44.9 Å². The minimum Gasteiger partial charge on any atom is -0.469 e. The van der Waals surface area contributed by atoms with Crippen molar-refractivity contribution in [3.63, 3.8) is 0 Å². The molecule has 1 aliphatic heterocycles. The fourth-order valence-corrected chi connectivity index (χ4v) is 3.12. The highest BCUT2D eigenvalue weighted by molar-refractivity contribution is 8.13. The van der Waals surface area contributed by atoms with Gasteiger partial charge in [0, 0.05) is 30.7 Å². The molecule has 0 aliphatic carbocycles. The molecule has 0 bridgehead atoms. The van der Waals surface area contributed by atoms with E-state index in [0.29, 0.717) is 5.75 Å². The highest BCUT2D eigenvalue weighted by Crippen LogP contribution is 2.26. The van der Waals surface area contributed by atoms with Crippen LogP contribution in [0.2, 0.25) is 0 Å². The summed E-state index contributed by atoms with van der Waals surface area (Å²) in [4.78, 5) is 71.5. The van der Waals surface area contributed by atoms with E-state index in [1.807, 2.05) is 0 Å². The van der Waals surface area contributed by atoms with Crippen LogP contribution in [0.1, 0.15) is 39.5 Å². The Labute approximate surface area is 184 Å². The maximum atomic E-state index is 12.7. The zero-order chi connectivity index (χ0) is 23.4. The average Bonchev–Trinajstić information content (AvgIpc) is 2.71. The number of nitrogens with one attached hydrogen (secondary N) is 2. The highest BCUT2D eigenvalue weighted by Gasteiger charge is 2.40. The molecule has 0 unspecified atom stereocenters. The third-order valence-corrected chi connectivity index (χ3v) is 5.07. The van der Waals surface area contributed by atoms with E-state index in [1.54, 1.807) is 13.8 Å². The monoisotopic (exact) mass is 460 g/mol. The van der Waals surface area contributed by atoms with Crippen molar-refractivity contribution in [2.45, 2.75) is 45.6 Å². The summed E-state index contributed by atoms with van der Waals surface area (Å²) in [7, 11) is 1.20. The number of esters is 3. The number of cyclic esters (lactones) is 1. The normalized spacial score (nSPS) is 19.4. The van der Waals surface area contributed by atoms with Gasteiger partial charge >= 0.3 is 17.9 Å². The van der Waals surface area contributed by atoms with Gasteiger partial charge in [0.15, 0.2) is 11.2 Å². The Hall–Kier alpha value is -2.63. The lowest BCUT2D eigenvalue weighted by Crippen LogP contribution is -2.49. The Kier molecular flexibility index (Phi) is 11.0. The minimum absolute atomic E-state index is 0.00790. The topological polar surface area (TPSA) is 154 Å². The van der Waals surface area contributed by atoms with Gasteiger partial charge in [-0.1, -0.05) is 25.6 Å². The Bertz CT molecular complexity index is 708. The van der Waals surface area contributed by atoms with E-state index >= 15 is 0 Å². The molecule has 1 heterocycles. The average molecular weight is 461 g/mol. The third-order valence-electron chi connectivity index (χ3n) is 4.19. The molecule has 0 saturated carbocycles. The zero-order valence-electron chi connectivity index (χ0n) is 17.8. The minimum atomic E-state index is -1.38.